The van der Waals surface area contributed by atoms with Crippen LogP contribution in [0.5, 0.6) is 5.75 Å². The van der Waals surface area contributed by atoms with Gasteiger partial charge in [0.05, 0.1) is 6.61 Å². The van der Waals surface area contributed by atoms with Crippen LogP contribution in [0.4, 0.5) is 0 Å². The van der Waals surface area contributed by atoms with Crippen molar-refractivity contribution in [3.8, 4) is 5.75 Å². The highest BCUT2D eigenvalue weighted by atomic mass is 16.5. The fourth-order valence-corrected chi connectivity index (χ4v) is 2.44. The normalized spacial score (nSPS) is 14.7. The van der Waals surface area contributed by atoms with Crippen LogP contribution < -0.4 is 10.1 Å². The number of hydrogen-bond donors (Lipinski definition) is 2. The summed E-state index contributed by atoms with van der Waals surface area (Å²) < 4.78 is 5.31. The Morgan fingerprint density at radius 1 is 1.29 bits per heavy atom. The van der Waals surface area contributed by atoms with Crippen LogP contribution in [0, 0.1) is 0 Å². The Labute approximate surface area is 125 Å². The van der Waals surface area contributed by atoms with Crippen LogP contribution in [0.3, 0.4) is 0 Å². The summed E-state index contributed by atoms with van der Waals surface area (Å²) in [5, 5.41) is 12.1. The van der Waals surface area contributed by atoms with E-state index in [1.807, 2.05) is 29.2 Å². The van der Waals surface area contributed by atoms with Gasteiger partial charge in [0.25, 0.3) is 0 Å². The summed E-state index contributed by atoms with van der Waals surface area (Å²) in [6.07, 6.45) is 2.72. The predicted octanol–water partition coefficient (Wildman–Crippen LogP) is 1.16. The molecular weight excluding hydrogens is 268 g/mol. The Hall–Kier alpha value is -1.59. The van der Waals surface area contributed by atoms with Gasteiger partial charge in [-0.25, -0.2) is 0 Å². The van der Waals surface area contributed by atoms with Crippen molar-refractivity contribution >= 4 is 5.91 Å². The molecule has 0 aliphatic carbocycles. The van der Waals surface area contributed by atoms with Gasteiger partial charge in [0.1, 0.15) is 12.4 Å². The van der Waals surface area contributed by atoms with E-state index >= 15 is 0 Å². The molecule has 0 bridgehead atoms. The van der Waals surface area contributed by atoms with Gasteiger partial charge in [-0.2, -0.15) is 0 Å². The van der Waals surface area contributed by atoms with Crippen molar-refractivity contribution in [2.75, 3.05) is 32.8 Å². The average Bonchev–Trinajstić information content (AvgIpc) is 2.91. The predicted molar refractivity (Wildman–Crippen MR) is 81.2 cm³/mol. The van der Waals surface area contributed by atoms with Crippen molar-refractivity contribution in [2.45, 2.75) is 25.8 Å². The lowest BCUT2D eigenvalue weighted by atomic mass is 10.2. The van der Waals surface area contributed by atoms with Gasteiger partial charge in [-0.3, -0.25) is 4.79 Å². The van der Waals surface area contributed by atoms with Crippen LogP contribution in [-0.4, -0.2) is 48.8 Å². The van der Waals surface area contributed by atoms with Crippen molar-refractivity contribution < 1.29 is 14.6 Å². The fourth-order valence-electron chi connectivity index (χ4n) is 2.44. The number of likely N-dealkylation sites (tertiary alicyclic amines) is 1. The number of aliphatic hydroxyl groups excluding tert-OH is 1. The molecule has 2 rings (SSSR count). The zero-order valence-electron chi connectivity index (χ0n) is 12.4. The molecule has 21 heavy (non-hydrogen) atoms. The Morgan fingerprint density at radius 3 is 2.76 bits per heavy atom. The summed E-state index contributed by atoms with van der Waals surface area (Å²) >= 11 is 0. The van der Waals surface area contributed by atoms with Crippen molar-refractivity contribution in [1.29, 1.82) is 0 Å². The van der Waals surface area contributed by atoms with E-state index < -0.39 is 0 Å². The number of aliphatic hydroxyl groups is 1. The molecule has 1 aliphatic rings. The van der Waals surface area contributed by atoms with Gasteiger partial charge in [0, 0.05) is 26.1 Å². The van der Waals surface area contributed by atoms with Crippen LogP contribution in [-0.2, 0) is 11.3 Å². The first-order chi connectivity index (χ1) is 10.3. The van der Waals surface area contributed by atoms with Crippen LogP contribution in [0.1, 0.15) is 24.8 Å². The first kappa shape index (κ1) is 15.8. The maximum absolute atomic E-state index is 11.4. The first-order valence-corrected chi connectivity index (χ1v) is 7.60. The van der Waals surface area contributed by atoms with E-state index in [0.29, 0.717) is 12.5 Å². The molecule has 1 amide bonds. The Bertz CT molecular complexity index is 434. The summed E-state index contributed by atoms with van der Waals surface area (Å²) in [7, 11) is 0. The van der Waals surface area contributed by atoms with E-state index in [0.717, 1.165) is 51.2 Å². The van der Waals surface area contributed by atoms with Crippen molar-refractivity contribution in [3.63, 3.8) is 0 Å². The molecule has 0 saturated carbocycles. The van der Waals surface area contributed by atoms with Crippen molar-refractivity contribution in [1.82, 2.24) is 10.2 Å². The third-order valence-electron chi connectivity index (χ3n) is 3.57. The summed E-state index contributed by atoms with van der Waals surface area (Å²) in [6, 6.07) is 7.86. The minimum Gasteiger partial charge on any atom is -0.491 e. The molecule has 0 unspecified atom stereocenters. The molecule has 0 radical (unpaired) electrons. The van der Waals surface area contributed by atoms with E-state index in [4.69, 9.17) is 9.84 Å². The largest absolute Gasteiger partial charge is 0.491 e. The molecular formula is C16H24N2O3. The smallest absolute Gasteiger partial charge is 0.222 e. The van der Waals surface area contributed by atoms with Gasteiger partial charge >= 0.3 is 0 Å². The second-order valence-electron chi connectivity index (χ2n) is 5.23. The maximum Gasteiger partial charge on any atom is 0.222 e. The van der Waals surface area contributed by atoms with Crippen LogP contribution >= 0.6 is 0 Å². The number of ether oxygens (including phenoxy) is 1. The second-order valence-corrected chi connectivity index (χ2v) is 5.23. The quantitative estimate of drug-likeness (QED) is 0.671. The highest BCUT2D eigenvalue weighted by Gasteiger charge is 2.18. The monoisotopic (exact) mass is 292 g/mol. The van der Waals surface area contributed by atoms with E-state index in [1.54, 1.807) is 0 Å². The van der Waals surface area contributed by atoms with E-state index in [9.17, 15) is 4.79 Å². The SMILES string of the molecule is O=C1CCCN1CCCNCc1ccc(OCCO)cc1. The third kappa shape index (κ3) is 5.36. The summed E-state index contributed by atoms with van der Waals surface area (Å²) in [4.78, 5) is 13.4. The highest BCUT2D eigenvalue weighted by Crippen LogP contribution is 2.12. The van der Waals surface area contributed by atoms with Crippen LogP contribution in [0.25, 0.3) is 0 Å². The molecule has 1 saturated heterocycles. The Kier molecular flexibility index (Phi) is 6.50. The van der Waals surface area contributed by atoms with Crippen LogP contribution in [0.15, 0.2) is 24.3 Å². The third-order valence-corrected chi connectivity index (χ3v) is 3.57. The van der Waals surface area contributed by atoms with Crippen molar-refractivity contribution in [2.24, 2.45) is 0 Å². The van der Waals surface area contributed by atoms with Gasteiger partial charge in [-0.05, 0) is 37.1 Å². The van der Waals surface area contributed by atoms with E-state index in [2.05, 4.69) is 5.32 Å². The number of carbonyl (C=O) groups excluding carboxylic acids is 1. The van der Waals surface area contributed by atoms with E-state index in [-0.39, 0.29) is 6.61 Å². The number of amides is 1. The molecule has 116 valence electrons. The van der Waals surface area contributed by atoms with E-state index in [1.165, 1.54) is 5.56 Å². The van der Waals surface area contributed by atoms with Gasteiger partial charge in [0.15, 0.2) is 0 Å². The lowest BCUT2D eigenvalue weighted by Gasteiger charge is -2.15. The second kappa shape index (κ2) is 8.64. The molecule has 2 N–H and O–H groups in total. The van der Waals surface area contributed by atoms with Gasteiger partial charge < -0.3 is 20.1 Å². The lowest BCUT2D eigenvalue weighted by molar-refractivity contribution is -0.127. The molecule has 0 spiro atoms. The minimum atomic E-state index is 0.0306. The lowest BCUT2D eigenvalue weighted by Crippen LogP contribution is -2.28. The number of nitrogens with zero attached hydrogens (tertiary/aromatic N) is 1. The summed E-state index contributed by atoms with van der Waals surface area (Å²) in [5.41, 5.74) is 1.20. The van der Waals surface area contributed by atoms with Gasteiger partial charge in [0.2, 0.25) is 5.91 Å². The molecule has 5 heteroatoms. The maximum atomic E-state index is 11.4. The number of nitrogens with one attached hydrogen (secondary N) is 1. The first-order valence-electron chi connectivity index (χ1n) is 7.60. The molecule has 1 aliphatic heterocycles. The molecule has 5 nitrogen and oxygen atoms in total. The molecule has 1 heterocycles. The zero-order valence-corrected chi connectivity index (χ0v) is 12.4. The van der Waals surface area contributed by atoms with Gasteiger partial charge in [-0.15, -0.1) is 0 Å². The molecule has 0 aromatic heterocycles. The average molecular weight is 292 g/mol. The zero-order chi connectivity index (χ0) is 14.9. The molecule has 1 aromatic rings. The number of rotatable bonds is 9. The molecule has 1 fully saturated rings. The molecule has 1 aromatic carbocycles. The van der Waals surface area contributed by atoms with Crippen LogP contribution in [0.2, 0.25) is 0 Å². The number of carbonyl (C=O) groups is 1. The standard InChI is InChI=1S/C16H24N2O3/c19-11-12-21-15-6-4-14(5-7-15)13-17-8-2-10-18-9-1-3-16(18)20/h4-7,17,19H,1-3,8-13H2. The van der Waals surface area contributed by atoms with Gasteiger partial charge in [-0.1, -0.05) is 12.1 Å². The Balaban J connectivity index is 1.59. The summed E-state index contributed by atoms with van der Waals surface area (Å²) in [5.74, 6) is 1.08. The summed E-state index contributed by atoms with van der Waals surface area (Å²) in [6.45, 7) is 3.87. The minimum absolute atomic E-state index is 0.0306. The highest BCUT2D eigenvalue weighted by molar-refractivity contribution is 5.77. The van der Waals surface area contributed by atoms with Crippen molar-refractivity contribution in [3.05, 3.63) is 29.8 Å². The number of benzene rings is 1. The Morgan fingerprint density at radius 2 is 2.10 bits per heavy atom. The fraction of sp³-hybridized carbons (Fsp3) is 0.562. The molecule has 0 atom stereocenters. The topological polar surface area (TPSA) is 61.8 Å². The number of hydrogen-bond acceptors (Lipinski definition) is 4.